The fourth-order valence-corrected chi connectivity index (χ4v) is 3.02. The number of aliphatic hydroxyl groups is 1. The number of thiazole rings is 1. The predicted molar refractivity (Wildman–Crippen MR) is 82.2 cm³/mol. The molecule has 1 aromatic heterocycles. The molecule has 0 atom stereocenters. The second-order valence-electron chi connectivity index (χ2n) is 4.64. The van der Waals surface area contributed by atoms with E-state index in [1.165, 1.54) is 5.56 Å². The molecule has 0 aliphatic carbocycles. The van der Waals surface area contributed by atoms with E-state index in [-0.39, 0.29) is 6.61 Å². The van der Waals surface area contributed by atoms with Gasteiger partial charge in [-0.25, -0.2) is 4.98 Å². The number of rotatable bonds is 7. The van der Waals surface area contributed by atoms with Crippen molar-refractivity contribution in [2.75, 3.05) is 0 Å². The number of ether oxygens (including phenoxy) is 1. The topological polar surface area (TPSA) is 42.4 Å². The van der Waals surface area contributed by atoms with Crippen LogP contribution in [-0.4, -0.2) is 10.1 Å². The Bertz CT molecular complexity index is 551. The summed E-state index contributed by atoms with van der Waals surface area (Å²) in [7, 11) is 0. The van der Waals surface area contributed by atoms with Crippen molar-refractivity contribution in [2.45, 2.75) is 46.3 Å². The van der Waals surface area contributed by atoms with Crippen LogP contribution in [0.4, 0.5) is 0 Å². The highest BCUT2D eigenvalue weighted by Crippen LogP contribution is 2.23. The van der Waals surface area contributed by atoms with E-state index in [0.717, 1.165) is 40.6 Å². The van der Waals surface area contributed by atoms with E-state index < -0.39 is 0 Å². The van der Waals surface area contributed by atoms with Crippen LogP contribution in [-0.2, 0) is 26.1 Å². The van der Waals surface area contributed by atoms with Crippen LogP contribution in [0.5, 0.6) is 5.75 Å². The van der Waals surface area contributed by atoms with Crippen LogP contribution in [0.1, 0.15) is 41.4 Å². The maximum Gasteiger partial charge on any atom is 0.140 e. The van der Waals surface area contributed by atoms with Gasteiger partial charge in [0.2, 0.25) is 0 Å². The van der Waals surface area contributed by atoms with Crippen molar-refractivity contribution < 1.29 is 9.84 Å². The second-order valence-corrected chi connectivity index (χ2v) is 5.80. The minimum absolute atomic E-state index is 0.0680. The Morgan fingerprint density at radius 2 is 2.05 bits per heavy atom. The number of hydrogen-bond donors (Lipinski definition) is 1. The maximum atomic E-state index is 9.36. The predicted octanol–water partition coefficient (Wildman–Crippen LogP) is 3.73. The molecule has 0 aliphatic rings. The zero-order chi connectivity index (χ0) is 14.4. The van der Waals surface area contributed by atoms with Crippen LogP contribution in [0.2, 0.25) is 0 Å². The van der Waals surface area contributed by atoms with Crippen molar-refractivity contribution in [3.63, 3.8) is 0 Å². The monoisotopic (exact) mass is 291 g/mol. The number of para-hydroxylation sites is 1. The lowest BCUT2D eigenvalue weighted by molar-refractivity contribution is 0.284. The fourth-order valence-electron chi connectivity index (χ4n) is 2.13. The fraction of sp³-hybridized carbons (Fsp3) is 0.438. The SMILES string of the molecule is CCCc1nc(COc2ccccc2CC)sc1CO. The molecule has 0 fully saturated rings. The quantitative estimate of drug-likeness (QED) is 0.845. The van der Waals surface area contributed by atoms with Crippen LogP contribution >= 0.6 is 11.3 Å². The molecule has 20 heavy (non-hydrogen) atoms. The molecule has 3 nitrogen and oxygen atoms in total. The molecule has 2 rings (SSSR count). The van der Waals surface area contributed by atoms with Crippen molar-refractivity contribution in [2.24, 2.45) is 0 Å². The van der Waals surface area contributed by atoms with Gasteiger partial charge in [-0.2, -0.15) is 0 Å². The van der Waals surface area contributed by atoms with Crippen LogP contribution in [0.3, 0.4) is 0 Å². The van der Waals surface area contributed by atoms with E-state index in [4.69, 9.17) is 4.74 Å². The van der Waals surface area contributed by atoms with Gasteiger partial charge in [0.15, 0.2) is 0 Å². The first kappa shape index (κ1) is 15.0. The molecule has 0 saturated carbocycles. The summed E-state index contributed by atoms with van der Waals surface area (Å²) in [5.41, 5.74) is 2.22. The molecule has 0 radical (unpaired) electrons. The van der Waals surface area contributed by atoms with E-state index in [2.05, 4.69) is 24.9 Å². The first-order valence-electron chi connectivity index (χ1n) is 7.07. The molecule has 0 bridgehead atoms. The smallest absolute Gasteiger partial charge is 0.140 e. The van der Waals surface area contributed by atoms with Crippen LogP contribution in [0, 0.1) is 0 Å². The molecule has 0 saturated heterocycles. The number of aliphatic hydroxyl groups excluding tert-OH is 1. The van der Waals surface area contributed by atoms with Gasteiger partial charge in [-0.3, -0.25) is 0 Å². The lowest BCUT2D eigenvalue weighted by Gasteiger charge is -2.08. The summed E-state index contributed by atoms with van der Waals surface area (Å²) in [5.74, 6) is 0.924. The molecule has 0 amide bonds. The third-order valence-electron chi connectivity index (χ3n) is 3.16. The Morgan fingerprint density at radius 1 is 1.25 bits per heavy atom. The lowest BCUT2D eigenvalue weighted by atomic mass is 10.1. The van der Waals surface area contributed by atoms with Crippen molar-refractivity contribution in [3.8, 4) is 5.75 Å². The molecular formula is C16H21NO2S. The molecule has 0 unspecified atom stereocenters. The summed E-state index contributed by atoms with van der Waals surface area (Å²) in [6.07, 6.45) is 2.91. The van der Waals surface area contributed by atoms with Gasteiger partial charge >= 0.3 is 0 Å². The van der Waals surface area contributed by atoms with Crippen molar-refractivity contribution in [3.05, 3.63) is 45.4 Å². The molecule has 0 spiro atoms. The number of aromatic nitrogens is 1. The Hall–Kier alpha value is -1.39. The van der Waals surface area contributed by atoms with E-state index in [1.54, 1.807) is 11.3 Å². The molecule has 108 valence electrons. The molecule has 1 N–H and O–H groups in total. The number of hydrogen-bond acceptors (Lipinski definition) is 4. The highest BCUT2D eigenvalue weighted by molar-refractivity contribution is 7.11. The average Bonchev–Trinajstić information content (AvgIpc) is 2.88. The molecular weight excluding hydrogens is 270 g/mol. The Kier molecular flexibility index (Phi) is 5.56. The zero-order valence-electron chi connectivity index (χ0n) is 12.1. The van der Waals surface area contributed by atoms with Gasteiger partial charge in [0.1, 0.15) is 17.4 Å². The summed E-state index contributed by atoms with van der Waals surface area (Å²) < 4.78 is 5.87. The summed E-state index contributed by atoms with van der Waals surface area (Å²) in [6.45, 7) is 4.78. The van der Waals surface area contributed by atoms with Gasteiger partial charge in [0.05, 0.1) is 17.2 Å². The van der Waals surface area contributed by atoms with Crippen LogP contribution < -0.4 is 4.74 Å². The molecule has 2 aromatic rings. The second kappa shape index (κ2) is 7.41. The highest BCUT2D eigenvalue weighted by atomic mass is 32.1. The number of aryl methyl sites for hydroxylation is 2. The van der Waals surface area contributed by atoms with Gasteiger partial charge in [0.25, 0.3) is 0 Å². The largest absolute Gasteiger partial charge is 0.486 e. The van der Waals surface area contributed by atoms with Crippen LogP contribution in [0.15, 0.2) is 24.3 Å². The number of benzene rings is 1. The molecule has 4 heteroatoms. The van der Waals surface area contributed by atoms with Gasteiger partial charge in [0, 0.05) is 0 Å². The molecule has 1 aromatic carbocycles. The summed E-state index contributed by atoms with van der Waals surface area (Å²) in [6, 6.07) is 8.08. The average molecular weight is 291 g/mol. The van der Waals surface area contributed by atoms with Crippen molar-refractivity contribution in [1.29, 1.82) is 0 Å². The van der Waals surface area contributed by atoms with Crippen molar-refractivity contribution >= 4 is 11.3 Å². The maximum absolute atomic E-state index is 9.36. The third kappa shape index (κ3) is 3.58. The first-order chi connectivity index (χ1) is 9.78. The van der Waals surface area contributed by atoms with E-state index in [0.29, 0.717) is 6.61 Å². The minimum atomic E-state index is 0.0680. The summed E-state index contributed by atoms with van der Waals surface area (Å²) in [4.78, 5) is 5.54. The van der Waals surface area contributed by atoms with E-state index in [9.17, 15) is 5.11 Å². The minimum Gasteiger partial charge on any atom is -0.486 e. The van der Waals surface area contributed by atoms with Crippen molar-refractivity contribution in [1.82, 2.24) is 4.98 Å². The van der Waals surface area contributed by atoms with Crippen LogP contribution in [0.25, 0.3) is 0 Å². The van der Waals surface area contributed by atoms with Gasteiger partial charge in [-0.05, 0) is 24.5 Å². The lowest BCUT2D eigenvalue weighted by Crippen LogP contribution is -1.98. The summed E-state index contributed by atoms with van der Waals surface area (Å²) >= 11 is 1.55. The van der Waals surface area contributed by atoms with Gasteiger partial charge in [-0.1, -0.05) is 38.5 Å². The third-order valence-corrected chi connectivity index (χ3v) is 4.21. The zero-order valence-corrected chi connectivity index (χ0v) is 12.9. The van der Waals surface area contributed by atoms with Gasteiger partial charge in [-0.15, -0.1) is 11.3 Å². The number of nitrogens with zero attached hydrogens (tertiary/aromatic N) is 1. The standard InChI is InChI=1S/C16H21NO2S/c1-3-7-13-15(10-18)20-16(17-13)11-19-14-9-6-5-8-12(14)4-2/h5-6,8-9,18H,3-4,7,10-11H2,1-2H3. The van der Waals surface area contributed by atoms with Gasteiger partial charge < -0.3 is 9.84 Å². The summed E-state index contributed by atoms with van der Waals surface area (Å²) in [5, 5.41) is 10.3. The Balaban J connectivity index is 2.07. The van der Waals surface area contributed by atoms with E-state index >= 15 is 0 Å². The Morgan fingerprint density at radius 3 is 2.75 bits per heavy atom. The Labute approximate surface area is 124 Å². The molecule has 1 heterocycles. The highest BCUT2D eigenvalue weighted by Gasteiger charge is 2.10. The van der Waals surface area contributed by atoms with E-state index in [1.807, 2.05) is 18.2 Å². The molecule has 0 aliphatic heterocycles. The first-order valence-corrected chi connectivity index (χ1v) is 7.89. The normalized spacial score (nSPS) is 10.8.